The summed E-state index contributed by atoms with van der Waals surface area (Å²) in [7, 11) is -6.61. The van der Waals surface area contributed by atoms with Gasteiger partial charge in [0.15, 0.2) is 0 Å². The van der Waals surface area contributed by atoms with Gasteiger partial charge in [-0.3, -0.25) is 4.57 Å². The van der Waals surface area contributed by atoms with E-state index in [1.807, 2.05) is 97.9 Å². The molecule has 6 rings (SSSR count). The van der Waals surface area contributed by atoms with E-state index in [-0.39, 0.29) is 0 Å². The van der Waals surface area contributed by atoms with Crippen molar-refractivity contribution in [3.63, 3.8) is 0 Å². The minimum atomic E-state index is -3.49. The molecular formula is C27H22O3P2. The van der Waals surface area contributed by atoms with Crippen LogP contribution in [-0.4, -0.2) is 5.40 Å². The van der Waals surface area contributed by atoms with Crippen molar-refractivity contribution in [3.05, 3.63) is 103 Å². The third-order valence-corrected chi connectivity index (χ3v) is 14.5. The SMILES string of the molecule is CC(P1(=O)Cc2ccccc2-c2ccccc21)P1(=O)Oc2ccccc2-c2ccccc21. The van der Waals surface area contributed by atoms with Crippen LogP contribution in [0.15, 0.2) is 97.1 Å². The van der Waals surface area contributed by atoms with Crippen LogP contribution in [0.4, 0.5) is 0 Å². The largest absolute Gasteiger partial charge is 0.439 e. The van der Waals surface area contributed by atoms with Gasteiger partial charge in [-0.05, 0) is 41.3 Å². The van der Waals surface area contributed by atoms with Gasteiger partial charge in [-0.1, -0.05) is 84.9 Å². The second kappa shape index (κ2) is 7.07. The van der Waals surface area contributed by atoms with Gasteiger partial charge >= 0.3 is 0 Å². The summed E-state index contributed by atoms with van der Waals surface area (Å²) in [4.78, 5) is 0. The maximum Gasteiger partial charge on any atom is 0.288 e. The first-order chi connectivity index (χ1) is 15.5. The fourth-order valence-corrected chi connectivity index (χ4v) is 12.7. The van der Waals surface area contributed by atoms with E-state index in [0.717, 1.165) is 33.1 Å². The Labute approximate surface area is 187 Å². The van der Waals surface area contributed by atoms with Gasteiger partial charge in [0.25, 0.3) is 7.37 Å². The molecule has 5 heteroatoms. The first-order valence-electron chi connectivity index (χ1n) is 10.8. The summed E-state index contributed by atoms with van der Waals surface area (Å²) in [6, 6.07) is 31.3. The molecule has 0 bridgehead atoms. The van der Waals surface area contributed by atoms with Gasteiger partial charge in [0.2, 0.25) is 0 Å². The fourth-order valence-electron chi connectivity index (χ4n) is 5.08. The zero-order chi connectivity index (χ0) is 21.9. The lowest BCUT2D eigenvalue weighted by Gasteiger charge is -2.38. The number of fused-ring (bicyclic) bond motifs is 6. The zero-order valence-electron chi connectivity index (χ0n) is 17.6. The van der Waals surface area contributed by atoms with E-state index in [4.69, 9.17) is 4.52 Å². The van der Waals surface area contributed by atoms with E-state index < -0.39 is 19.9 Å². The molecule has 3 nitrogen and oxygen atoms in total. The number of hydrogen-bond donors (Lipinski definition) is 0. The molecule has 0 aromatic heterocycles. The Bertz CT molecular complexity index is 1360. The molecule has 0 fully saturated rings. The minimum absolute atomic E-state index is 0.387. The van der Waals surface area contributed by atoms with Crippen molar-refractivity contribution in [2.45, 2.75) is 18.5 Å². The molecular weight excluding hydrogens is 434 g/mol. The van der Waals surface area contributed by atoms with Crippen molar-refractivity contribution in [2.75, 3.05) is 0 Å². The third kappa shape index (κ3) is 2.68. The number of rotatable bonds is 2. The van der Waals surface area contributed by atoms with Gasteiger partial charge in [-0.2, -0.15) is 0 Å². The van der Waals surface area contributed by atoms with Gasteiger partial charge in [-0.25, -0.2) is 0 Å². The summed E-state index contributed by atoms with van der Waals surface area (Å²) in [5, 5.41) is 0.818. The minimum Gasteiger partial charge on any atom is -0.439 e. The van der Waals surface area contributed by atoms with Crippen LogP contribution in [-0.2, 0) is 15.3 Å². The summed E-state index contributed by atoms with van der Waals surface area (Å²) in [5.74, 6) is 0.596. The number of para-hydroxylation sites is 1. The average Bonchev–Trinajstić information content (AvgIpc) is 2.84. The van der Waals surface area contributed by atoms with Crippen molar-refractivity contribution in [1.82, 2.24) is 0 Å². The smallest absolute Gasteiger partial charge is 0.288 e. The van der Waals surface area contributed by atoms with Crippen LogP contribution in [0.3, 0.4) is 0 Å². The molecule has 2 aliphatic heterocycles. The predicted octanol–water partition coefficient (Wildman–Crippen LogP) is 6.86. The Morgan fingerprint density at radius 2 is 1.19 bits per heavy atom. The van der Waals surface area contributed by atoms with Crippen molar-refractivity contribution in [1.29, 1.82) is 0 Å². The Kier molecular flexibility index (Phi) is 4.37. The van der Waals surface area contributed by atoms with Crippen LogP contribution < -0.4 is 15.1 Å². The number of benzene rings is 4. The van der Waals surface area contributed by atoms with Crippen LogP contribution in [0.2, 0.25) is 0 Å². The molecule has 0 N–H and O–H groups in total. The van der Waals surface area contributed by atoms with E-state index in [2.05, 4.69) is 6.07 Å². The van der Waals surface area contributed by atoms with E-state index in [1.165, 1.54) is 0 Å². The molecule has 2 heterocycles. The highest BCUT2D eigenvalue weighted by atomic mass is 31.2. The number of hydrogen-bond acceptors (Lipinski definition) is 3. The molecule has 0 aliphatic carbocycles. The Balaban J connectivity index is 1.57. The first-order valence-corrected chi connectivity index (χ1v) is 14.4. The highest BCUT2D eigenvalue weighted by molar-refractivity contribution is 7.86. The van der Waals surface area contributed by atoms with Gasteiger partial charge < -0.3 is 9.09 Å². The molecule has 3 atom stereocenters. The molecule has 0 amide bonds. The standard InChI is InChI=1S/C27H22O3P2/c1-19(31(28)18-20-10-2-3-11-21(20)23-13-5-8-16-26(23)31)32(29)27-17-9-6-14-24(27)22-12-4-7-15-25(22)30-32/h2-17,19H,18H2,1H3. The molecule has 158 valence electrons. The summed E-state index contributed by atoms with van der Waals surface area (Å²) in [6.07, 6.45) is 0.387. The molecule has 3 unspecified atom stereocenters. The molecule has 0 saturated carbocycles. The van der Waals surface area contributed by atoms with Gasteiger partial charge in [0.1, 0.15) is 18.3 Å². The lowest BCUT2D eigenvalue weighted by molar-refractivity contribution is 0.487. The van der Waals surface area contributed by atoms with Gasteiger partial charge in [0.05, 0.1) is 5.30 Å². The normalized spacial score (nSPS) is 23.7. The maximum absolute atomic E-state index is 14.9. The van der Waals surface area contributed by atoms with Crippen molar-refractivity contribution >= 4 is 25.1 Å². The van der Waals surface area contributed by atoms with E-state index in [0.29, 0.717) is 17.2 Å². The highest BCUT2D eigenvalue weighted by Crippen LogP contribution is 2.72. The lowest BCUT2D eigenvalue weighted by atomic mass is 10.0. The van der Waals surface area contributed by atoms with Crippen LogP contribution in [0.25, 0.3) is 22.3 Å². The van der Waals surface area contributed by atoms with Gasteiger partial charge in [-0.15, -0.1) is 0 Å². The first kappa shape index (κ1) is 19.8. The van der Waals surface area contributed by atoms with E-state index in [1.54, 1.807) is 0 Å². The molecule has 0 spiro atoms. The Morgan fingerprint density at radius 1 is 0.656 bits per heavy atom. The average molecular weight is 456 g/mol. The summed E-state index contributed by atoms with van der Waals surface area (Å²) >= 11 is 0. The van der Waals surface area contributed by atoms with Crippen molar-refractivity contribution in [2.24, 2.45) is 0 Å². The molecule has 0 saturated heterocycles. The van der Waals surface area contributed by atoms with E-state index in [9.17, 15) is 9.13 Å². The molecule has 0 radical (unpaired) electrons. The lowest BCUT2D eigenvalue weighted by Crippen LogP contribution is -2.29. The quantitative estimate of drug-likeness (QED) is 0.309. The van der Waals surface area contributed by atoms with Crippen molar-refractivity contribution in [3.8, 4) is 28.0 Å². The third-order valence-electron chi connectivity index (χ3n) is 6.77. The van der Waals surface area contributed by atoms with Crippen LogP contribution in [0.5, 0.6) is 5.75 Å². The predicted molar refractivity (Wildman–Crippen MR) is 132 cm³/mol. The van der Waals surface area contributed by atoms with Crippen LogP contribution in [0.1, 0.15) is 12.5 Å². The second-order valence-electron chi connectivity index (χ2n) is 8.46. The highest BCUT2D eigenvalue weighted by Gasteiger charge is 2.51. The Hall–Kier alpha value is -2.86. The topological polar surface area (TPSA) is 43.4 Å². The summed E-state index contributed by atoms with van der Waals surface area (Å²) in [5.41, 5.74) is 4.95. The monoisotopic (exact) mass is 456 g/mol. The fraction of sp³-hybridized carbons (Fsp3) is 0.111. The van der Waals surface area contributed by atoms with E-state index >= 15 is 0 Å². The van der Waals surface area contributed by atoms with Gasteiger partial charge in [0, 0.05) is 17.0 Å². The second-order valence-corrected chi connectivity index (χ2v) is 14.7. The molecule has 2 aliphatic rings. The zero-order valence-corrected chi connectivity index (χ0v) is 19.4. The molecule has 4 aromatic rings. The van der Waals surface area contributed by atoms with Crippen LogP contribution >= 0.6 is 14.5 Å². The summed E-state index contributed by atoms with van der Waals surface area (Å²) < 4.78 is 36.0. The molecule has 4 aromatic carbocycles. The molecule has 32 heavy (non-hydrogen) atoms. The maximum atomic E-state index is 14.9. The Morgan fingerprint density at radius 3 is 1.94 bits per heavy atom. The van der Waals surface area contributed by atoms with Crippen LogP contribution in [0, 0.1) is 0 Å². The van der Waals surface area contributed by atoms with Crippen molar-refractivity contribution < 1.29 is 13.7 Å². The summed E-state index contributed by atoms with van der Waals surface area (Å²) in [6.45, 7) is 1.86.